The highest BCUT2D eigenvalue weighted by atomic mass is 16.2. The molecule has 1 N–H and O–H groups in total. The van der Waals surface area contributed by atoms with Gasteiger partial charge in [-0.15, -0.1) is 0 Å². The monoisotopic (exact) mass is 266 g/mol. The van der Waals surface area contributed by atoms with Crippen LogP contribution in [-0.2, 0) is 4.79 Å². The van der Waals surface area contributed by atoms with E-state index in [1.54, 1.807) is 0 Å². The van der Waals surface area contributed by atoms with Gasteiger partial charge in [0.1, 0.15) is 0 Å². The molecule has 2 saturated heterocycles. The number of carbonyl (C=O) groups excluding carboxylic acids is 1. The molecule has 2 rings (SSSR count). The van der Waals surface area contributed by atoms with Crippen molar-refractivity contribution < 1.29 is 4.79 Å². The Hall–Kier alpha value is -0.570. The molecular weight excluding hydrogens is 236 g/mol. The van der Waals surface area contributed by atoms with Crippen molar-refractivity contribution in [1.29, 1.82) is 0 Å². The summed E-state index contributed by atoms with van der Waals surface area (Å²) in [4.78, 5) is 15.2. The Bertz CT molecular complexity index is 328. The number of hydrogen-bond acceptors (Lipinski definition) is 2. The van der Waals surface area contributed by atoms with Crippen LogP contribution in [0.2, 0.25) is 0 Å². The largest absolute Gasteiger partial charge is 0.342 e. The minimum Gasteiger partial charge on any atom is -0.342 e. The molecular formula is C16H30N2O. The van der Waals surface area contributed by atoms with Crippen LogP contribution in [0.25, 0.3) is 0 Å². The highest BCUT2D eigenvalue weighted by Gasteiger charge is 2.48. The number of nitrogens with zero attached hydrogens (tertiary/aromatic N) is 1. The fraction of sp³-hybridized carbons (Fsp3) is 0.938. The molecule has 19 heavy (non-hydrogen) atoms. The standard InChI is InChI=1S/C16H30N2O/c1-5-15(6-2)8-10-18(12-15)14(19)16(13(3)4)7-9-17-11-16/h13,17H,5-12H2,1-4H3. The molecule has 0 spiro atoms. The Kier molecular flexibility index (Phi) is 4.24. The molecule has 0 bridgehead atoms. The van der Waals surface area contributed by atoms with Crippen molar-refractivity contribution in [3.8, 4) is 0 Å². The van der Waals surface area contributed by atoms with E-state index < -0.39 is 0 Å². The third-order valence-electron chi connectivity index (χ3n) is 5.94. The first-order valence-corrected chi connectivity index (χ1v) is 8.00. The van der Waals surface area contributed by atoms with Crippen LogP contribution in [0, 0.1) is 16.7 Å². The third-order valence-corrected chi connectivity index (χ3v) is 5.94. The van der Waals surface area contributed by atoms with E-state index in [2.05, 4.69) is 37.9 Å². The fourth-order valence-electron chi connectivity index (χ4n) is 3.88. The molecule has 0 aromatic carbocycles. The highest BCUT2D eigenvalue weighted by molar-refractivity contribution is 5.84. The van der Waals surface area contributed by atoms with E-state index in [0.29, 0.717) is 17.2 Å². The molecule has 0 aromatic rings. The van der Waals surface area contributed by atoms with Crippen LogP contribution in [0.1, 0.15) is 53.4 Å². The van der Waals surface area contributed by atoms with Gasteiger partial charge < -0.3 is 10.2 Å². The summed E-state index contributed by atoms with van der Waals surface area (Å²) in [5.41, 5.74) is 0.247. The Morgan fingerprint density at radius 2 is 1.95 bits per heavy atom. The predicted molar refractivity (Wildman–Crippen MR) is 79.0 cm³/mol. The summed E-state index contributed by atoms with van der Waals surface area (Å²) in [7, 11) is 0. The van der Waals surface area contributed by atoms with E-state index in [-0.39, 0.29) is 5.41 Å². The van der Waals surface area contributed by atoms with E-state index in [9.17, 15) is 4.79 Å². The Labute approximate surface area is 118 Å². The molecule has 1 unspecified atom stereocenters. The summed E-state index contributed by atoms with van der Waals surface area (Å²) < 4.78 is 0. The van der Waals surface area contributed by atoms with Gasteiger partial charge in [-0.25, -0.2) is 0 Å². The van der Waals surface area contributed by atoms with E-state index in [1.807, 2.05) is 0 Å². The first-order valence-electron chi connectivity index (χ1n) is 8.00. The smallest absolute Gasteiger partial charge is 0.230 e. The molecule has 1 atom stereocenters. The molecule has 3 nitrogen and oxygen atoms in total. The van der Waals surface area contributed by atoms with Crippen molar-refractivity contribution in [2.24, 2.45) is 16.7 Å². The predicted octanol–water partition coefficient (Wildman–Crippen LogP) is 2.66. The topological polar surface area (TPSA) is 32.3 Å². The van der Waals surface area contributed by atoms with Crippen LogP contribution in [0.3, 0.4) is 0 Å². The van der Waals surface area contributed by atoms with Crippen LogP contribution in [0.15, 0.2) is 0 Å². The Morgan fingerprint density at radius 1 is 1.26 bits per heavy atom. The lowest BCUT2D eigenvalue weighted by Crippen LogP contribution is -2.48. The summed E-state index contributed by atoms with van der Waals surface area (Å²) in [5.74, 6) is 0.838. The lowest BCUT2D eigenvalue weighted by atomic mass is 9.75. The quantitative estimate of drug-likeness (QED) is 0.848. The summed E-state index contributed by atoms with van der Waals surface area (Å²) in [6, 6.07) is 0. The Morgan fingerprint density at radius 3 is 2.37 bits per heavy atom. The summed E-state index contributed by atoms with van der Waals surface area (Å²) in [6.07, 6.45) is 4.58. The van der Waals surface area contributed by atoms with Gasteiger partial charge in [0.25, 0.3) is 0 Å². The molecule has 0 saturated carbocycles. The van der Waals surface area contributed by atoms with Gasteiger partial charge in [-0.3, -0.25) is 4.79 Å². The molecule has 0 aliphatic carbocycles. The summed E-state index contributed by atoms with van der Waals surface area (Å²) >= 11 is 0. The van der Waals surface area contributed by atoms with Crippen LogP contribution < -0.4 is 5.32 Å². The zero-order valence-corrected chi connectivity index (χ0v) is 13.1. The van der Waals surface area contributed by atoms with Gasteiger partial charge in [-0.05, 0) is 43.6 Å². The second-order valence-electron chi connectivity index (χ2n) is 6.92. The van der Waals surface area contributed by atoms with E-state index in [4.69, 9.17) is 0 Å². The van der Waals surface area contributed by atoms with Gasteiger partial charge in [0.05, 0.1) is 5.41 Å². The van der Waals surface area contributed by atoms with E-state index >= 15 is 0 Å². The van der Waals surface area contributed by atoms with Gasteiger partial charge in [-0.2, -0.15) is 0 Å². The average Bonchev–Trinajstić information content (AvgIpc) is 3.06. The molecule has 2 heterocycles. The van der Waals surface area contributed by atoms with Gasteiger partial charge in [0.15, 0.2) is 0 Å². The van der Waals surface area contributed by atoms with Crippen LogP contribution in [0.4, 0.5) is 0 Å². The van der Waals surface area contributed by atoms with Gasteiger partial charge >= 0.3 is 0 Å². The van der Waals surface area contributed by atoms with Crippen LogP contribution in [0.5, 0.6) is 0 Å². The SMILES string of the molecule is CCC1(CC)CCN(C(=O)C2(C(C)C)CCNC2)C1. The van der Waals surface area contributed by atoms with Crippen LogP contribution >= 0.6 is 0 Å². The number of carbonyl (C=O) groups is 1. The number of rotatable bonds is 4. The normalized spacial score (nSPS) is 30.3. The average molecular weight is 266 g/mol. The van der Waals surface area contributed by atoms with Crippen molar-refractivity contribution in [3.05, 3.63) is 0 Å². The Balaban J connectivity index is 2.12. The molecule has 1 amide bonds. The molecule has 2 aliphatic heterocycles. The van der Waals surface area contributed by atoms with Gasteiger partial charge in [-0.1, -0.05) is 27.7 Å². The van der Waals surface area contributed by atoms with Crippen molar-refractivity contribution >= 4 is 5.91 Å². The van der Waals surface area contributed by atoms with Crippen LogP contribution in [-0.4, -0.2) is 37.0 Å². The molecule has 0 radical (unpaired) electrons. The van der Waals surface area contributed by atoms with Crippen molar-refractivity contribution in [2.45, 2.75) is 53.4 Å². The second-order valence-corrected chi connectivity index (χ2v) is 6.92. The highest BCUT2D eigenvalue weighted by Crippen LogP contribution is 2.42. The zero-order chi connectivity index (χ0) is 14.1. The lowest BCUT2D eigenvalue weighted by Gasteiger charge is -2.36. The maximum Gasteiger partial charge on any atom is 0.230 e. The molecule has 2 fully saturated rings. The first kappa shape index (κ1) is 14.8. The third kappa shape index (κ3) is 2.42. The van der Waals surface area contributed by atoms with Crippen molar-refractivity contribution in [1.82, 2.24) is 10.2 Å². The maximum atomic E-state index is 13.0. The van der Waals surface area contributed by atoms with E-state index in [1.165, 1.54) is 19.3 Å². The number of hydrogen-bond donors (Lipinski definition) is 1. The maximum absolute atomic E-state index is 13.0. The molecule has 0 aromatic heterocycles. The van der Waals surface area contributed by atoms with E-state index in [0.717, 1.165) is 32.6 Å². The zero-order valence-electron chi connectivity index (χ0n) is 13.1. The lowest BCUT2D eigenvalue weighted by molar-refractivity contribution is -0.143. The molecule has 2 aliphatic rings. The number of nitrogens with one attached hydrogen (secondary N) is 1. The minimum absolute atomic E-state index is 0.141. The molecule has 3 heteroatoms. The van der Waals surface area contributed by atoms with Gasteiger partial charge in [0.2, 0.25) is 5.91 Å². The number of amides is 1. The van der Waals surface area contributed by atoms with Crippen molar-refractivity contribution in [2.75, 3.05) is 26.2 Å². The number of likely N-dealkylation sites (tertiary alicyclic amines) is 1. The summed E-state index contributed by atoms with van der Waals surface area (Å²) in [6.45, 7) is 12.7. The molecule has 110 valence electrons. The fourth-order valence-corrected chi connectivity index (χ4v) is 3.88. The first-order chi connectivity index (χ1) is 8.99. The second kappa shape index (κ2) is 5.43. The van der Waals surface area contributed by atoms with Crippen molar-refractivity contribution in [3.63, 3.8) is 0 Å². The minimum atomic E-state index is -0.141. The summed E-state index contributed by atoms with van der Waals surface area (Å²) in [5, 5.41) is 3.40. The van der Waals surface area contributed by atoms with Gasteiger partial charge in [0, 0.05) is 19.6 Å².